The third-order valence-corrected chi connectivity index (χ3v) is 4.82. The number of pyridine rings is 1. The van der Waals surface area contributed by atoms with Gasteiger partial charge in [0, 0.05) is 0 Å². The molecule has 136 valence electrons. The van der Waals surface area contributed by atoms with Gasteiger partial charge in [-0.05, 0) is 16.7 Å². The highest BCUT2D eigenvalue weighted by Gasteiger charge is 2.19. The van der Waals surface area contributed by atoms with Gasteiger partial charge in [0.1, 0.15) is 5.02 Å². The Morgan fingerprint density at radius 3 is 2.26 bits per heavy atom. The Morgan fingerprint density at radius 1 is 0.963 bits per heavy atom. The first-order valence-corrected chi connectivity index (χ1v) is 8.89. The Morgan fingerprint density at radius 2 is 1.59 bits per heavy atom. The van der Waals surface area contributed by atoms with Crippen LogP contribution in [0.1, 0.15) is 16.1 Å². The summed E-state index contributed by atoms with van der Waals surface area (Å²) in [5.74, 6) is -0.651. The minimum atomic E-state index is -0.651. The van der Waals surface area contributed by atoms with E-state index in [0.717, 1.165) is 16.7 Å². The van der Waals surface area contributed by atoms with Gasteiger partial charge < -0.3 is 5.73 Å². The molecule has 27 heavy (non-hydrogen) atoms. The zero-order valence-corrected chi connectivity index (χ0v) is 16.1. The predicted octanol–water partition coefficient (Wildman–Crippen LogP) is 5.05. The number of nitrogens with zero attached hydrogens (tertiary/aromatic N) is 2. The monoisotopic (exact) mass is 418 g/mol. The zero-order chi connectivity index (χ0) is 19.4. The molecule has 3 N–H and O–H groups in total. The second kappa shape index (κ2) is 8.39. The lowest BCUT2D eigenvalue weighted by Gasteiger charge is -2.07. The summed E-state index contributed by atoms with van der Waals surface area (Å²) < 4.78 is 0. The maximum Gasteiger partial charge on any atom is 0.291 e. The van der Waals surface area contributed by atoms with E-state index in [1.807, 2.05) is 54.6 Å². The van der Waals surface area contributed by atoms with Gasteiger partial charge in [-0.25, -0.2) is 10.4 Å². The van der Waals surface area contributed by atoms with Crippen LogP contribution in [0.3, 0.4) is 0 Å². The van der Waals surface area contributed by atoms with E-state index < -0.39 is 5.91 Å². The summed E-state index contributed by atoms with van der Waals surface area (Å²) in [4.78, 5) is 16.0. The van der Waals surface area contributed by atoms with Crippen LogP contribution in [0.25, 0.3) is 11.1 Å². The van der Waals surface area contributed by atoms with Gasteiger partial charge in [0.25, 0.3) is 5.91 Å². The Bertz CT molecular complexity index is 1010. The van der Waals surface area contributed by atoms with Crippen molar-refractivity contribution in [1.29, 1.82) is 0 Å². The fourth-order valence-corrected chi connectivity index (χ4v) is 2.89. The van der Waals surface area contributed by atoms with Gasteiger partial charge in [-0.15, -0.1) is 0 Å². The Kier molecular flexibility index (Phi) is 5.96. The van der Waals surface area contributed by atoms with Crippen LogP contribution in [-0.4, -0.2) is 17.1 Å². The fraction of sp³-hybridized carbons (Fsp3) is 0. The molecule has 0 aliphatic carbocycles. The highest BCUT2D eigenvalue weighted by Crippen LogP contribution is 2.34. The molecule has 0 fully saturated rings. The fourth-order valence-electron chi connectivity index (χ4n) is 2.29. The lowest BCUT2D eigenvalue weighted by molar-refractivity contribution is 0.0950. The van der Waals surface area contributed by atoms with Gasteiger partial charge in [-0.1, -0.05) is 89.4 Å². The molecule has 0 spiro atoms. The maximum absolute atomic E-state index is 12.2. The molecule has 3 rings (SSSR count). The first-order valence-electron chi connectivity index (χ1n) is 7.76. The number of halogens is 3. The molecule has 0 unspecified atom stereocenters. The average Bonchev–Trinajstić information content (AvgIpc) is 2.70. The van der Waals surface area contributed by atoms with E-state index in [9.17, 15) is 4.79 Å². The molecule has 1 amide bonds. The Balaban J connectivity index is 1.70. The smallest absolute Gasteiger partial charge is 0.291 e. The molecule has 0 saturated carbocycles. The molecule has 0 bridgehead atoms. The third kappa shape index (κ3) is 4.39. The van der Waals surface area contributed by atoms with Crippen molar-refractivity contribution in [3.05, 3.63) is 81.1 Å². The summed E-state index contributed by atoms with van der Waals surface area (Å²) in [7, 11) is 0. The number of nitrogens with one attached hydrogen (secondary N) is 1. The highest BCUT2D eigenvalue weighted by atomic mass is 35.5. The van der Waals surface area contributed by atoms with E-state index in [-0.39, 0.29) is 26.6 Å². The van der Waals surface area contributed by atoms with Crippen molar-refractivity contribution in [1.82, 2.24) is 10.4 Å². The number of anilines is 1. The van der Waals surface area contributed by atoms with Gasteiger partial charge >= 0.3 is 0 Å². The van der Waals surface area contributed by atoms with Crippen LogP contribution in [0.15, 0.2) is 59.7 Å². The average molecular weight is 420 g/mol. The van der Waals surface area contributed by atoms with Crippen LogP contribution in [0.4, 0.5) is 5.69 Å². The molecule has 0 atom stereocenters. The van der Waals surface area contributed by atoms with Crippen molar-refractivity contribution in [2.45, 2.75) is 0 Å². The van der Waals surface area contributed by atoms with E-state index in [0.29, 0.717) is 0 Å². The SMILES string of the molecule is Nc1c(Cl)c(Cl)nc(C(=O)N/N=C\c2ccc(-c3ccccc3)cc2)c1Cl. The highest BCUT2D eigenvalue weighted by molar-refractivity contribution is 6.46. The quantitative estimate of drug-likeness (QED) is 0.352. The lowest BCUT2D eigenvalue weighted by Crippen LogP contribution is -2.20. The molecular formula is C19H13Cl3N4O. The number of carbonyl (C=O) groups is 1. The summed E-state index contributed by atoms with van der Waals surface area (Å²) in [6.07, 6.45) is 1.50. The molecule has 0 saturated heterocycles. The number of rotatable bonds is 4. The van der Waals surface area contributed by atoms with Crippen molar-refractivity contribution >= 4 is 52.6 Å². The van der Waals surface area contributed by atoms with Gasteiger partial charge in [0.2, 0.25) is 0 Å². The topological polar surface area (TPSA) is 80.4 Å². The number of aromatic nitrogens is 1. The molecule has 0 aliphatic heterocycles. The summed E-state index contributed by atoms with van der Waals surface area (Å²) in [6.45, 7) is 0. The van der Waals surface area contributed by atoms with Crippen LogP contribution in [0.5, 0.6) is 0 Å². The normalized spacial score (nSPS) is 10.9. The van der Waals surface area contributed by atoms with Gasteiger partial charge in [-0.3, -0.25) is 4.79 Å². The predicted molar refractivity (Wildman–Crippen MR) is 111 cm³/mol. The third-order valence-electron chi connectivity index (χ3n) is 3.68. The first kappa shape index (κ1) is 19.2. The van der Waals surface area contributed by atoms with Crippen molar-refractivity contribution in [2.75, 3.05) is 5.73 Å². The van der Waals surface area contributed by atoms with E-state index in [2.05, 4.69) is 15.5 Å². The van der Waals surface area contributed by atoms with E-state index >= 15 is 0 Å². The number of hydrogen-bond acceptors (Lipinski definition) is 4. The standard InChI is InChI=1S/C19H13Cl3N4O/c20-14-16(23)15(21)18(22)25-17(14)19(27)26-24-10-11-6-8-13(9-7-11)12-4-2-1-3-5-12/h1-10H,(H2,23,25)(H,26,27)/b24-10-. The molecule has 3 aromatic rings. The number of amides is 1. The summed E-state index contributed by atoms with van der Waals surface area (Å²) in [5.41, 5.74) is 10.9. The molecule has 1 aromatic heterocycles. The molecule has 2 aromatic carbocycles. The molecule has 0 aliphatic rings. The summed E-state index contributed by atoms with van der Waals surface area (Å²) >= 11 is 17.7. The van der Waals surface area contributed by atoms with Gasteiger partial charge in [0.05, 0.1) is 16.9 Å². The first-order chi connectivity index (χ1) is 13.0. The minimum Gasteiger partial charge on any atom is -0.396 e. The lowest BCUT2D eigenvalue weighted by atomic mass is 10.0. The van der Waals surface area contributed by atoms with Crippen LogP contribution in [0, 0.1) is 0 Å². The minimum absolute atomic E-state index is 0.000207. The second-order valence-electron chi connectivity index (χ2n) is 5.48. The molecular weight excluding hydrogens is 407 g/mol. The summed E-state index contributed by atoms with van der Waals surface area (Å²) in [6, 6.07) is 17.7. The Hall–Kier alpha value is -2.60. The van der Waals surface area contributed by atoms with Crippen LogP contribution < -0.4 is 11.2 Å². The van der Waals surface area contributed by atoms with Crippen molar-refractivity contribution in [3.63, 3.8) is 0 Å². The van der Waals surface area contributed by atoms with Gasteiger partial charge in [-0.2, -0.15) is 5.10 Å². The Labute approximate surface area is 170 Å². The number of carbonyl (C=O) groups excluding carboxylic acids is 1. The van der Waals surface area contributed by atoms with Crippen LogP contribution >= 0.6 is 34.8 Å². The number of hydrogen-bond donors (Lipinski definition) is 2. The largest absolute Gasteiger partial charge is 0.396 e. The number of nitrogen functional groups attached to an aromatic ring is 1. The van der Waals surface area contributed by atoms with E-state index in [4.69, 9.17) is 40.5 Å². The number of benzene rings is 2. The number of nitrogens with two attached hydrogens (primary N) is 1. The number of hydrazone groups is 1. The zero-order valence-electron chi connectivity index (χ0n) is 13.8. The molecule has 1 heterocycles. The second-order valence-corrected chi connectivity index (χ2v) is 6.59. The van der Waals surface area contributed by atoms with Crippen molar-refractivity contribution in [3.8, 4) is 11.1 Å². The van der Waals surface area contributed by atoms with Crippen LogP contribution in [-0.2, 0) is 0 Å². The van der Waals surface area contributed by atoms with Crippen molar-refractivity contribution in [2.24, 2.45) is 5.10 Å². The van der Waals surface area contributed by atoms with E-state index in [1.165, 1.54) is 6.21 Å². The molecule has 0 radical (unpaired) electrons. The molecule has 5 nitrogen and oxygen atoms in total. The van der Waals surface area contributed by atoms with Gasteiger partial charge in [0.15, 0.2) is 10.8 Å². The molecule has 8 heteroatoms. The van der Waals surface area contributed by atoms with Crippen LogP contribution in [0.2, 0.25) is 15.2 Å². The maximum atomic E-state index is 12.2. The van der Waals surface area contributed by atoms with Crippen molar-refractivity contribution < 1.29 is 4.79 Å². The van der Waals surface area contributed by atoms with E-state index in [1.54, 1.807) is 0 Å². The summed E-state index contributed by atoms with van der Waals surface area (Å²) in [5, 5.41) is 3.72.